The van der Waals surface area contributed by atoms with Crippen molar-refractivity contribution in [2.45, 2.75) is 0 Å². The molecule has 0 rings (SSSR count). The van der Waals surface area contributed by atoms with Crippen molar-refractivity contribution in [2.24, 2.45) is 0 Å². The van der Waals surface area contributed by atoms with Crippen molar-refractivity contribution in [1.29, 1.82) is 0 Å². The summed E-state index contributed by atoms with van der Waals surface area (Å²) < 4.78 is 0. The molecular formula is H9AlBaLiMgMnNaNi. The van der Waals surface area contributed by atoms with Gasteiger partial charge in [-0.05, 0) is 0 Å². The Labute approximate surface area is 166 Å². The molecule has 0 nitrogen and oxygen atoms in total. The molecule has 0 aliphatic heterocycles. The zero-order valence-electron chi connectivity index (χ0n) is 0.694. The molecule has 0 heterocycles. The van der Waals surface area contributed by atoms with Gasteiger partial charge in [0.15, 0.2) is 17.4 Å². The predicted molar refractivity (Wildman–Crippen MR) is 41.3 cm³/mol. The molecule has 0 saturated heterocycles. The van der Waals surface area contributed by atoms with Crippen molar-refractivity contribution in [1.82, 2.24) is 0 Å². The summed E-state index contributed by atoms with van der Waals surface area (Å²) in [5.74, 6) is 0. The van der Waals surface area contributed by atoms with Crippen molar-refractivity contribution in [3.63, 3.8) is 0 Å². The molecule has 1 radical (unpaired) electrons. The molecule has 35 valence electrons. The van der Waals surface area contributed by atoms with Gasteiger partial charge in [0.2, 0.25) is 0 Å². The van der Waals surface area contributed by atoms with Crippen LogP contribution in [-0.4, -0.2) is 138 Å². The maximum absolute atomic E-state index is 0. The van der Waals surface area contributed by atoms with E-state index >= 15 is 0 Å². The minimum atomic E-state index is 0. The first-order valence-electron chi connectivity index (χ1n) is 0. The molecule has 0 saturated carbocycles. The van der Waals surface area contributed by atoms with Gasteiger partial charge in [0.05, 0.1) is 0 Å². The summed E-state index contributed by atoms with van der Waals surface area (Å²) in [5, 5.41) is 0. The average Bonchev–Trinajstić information content (AvgIpc) is 0. The van der Waals surface area contributed by atoms with Crippen LogP contribution >= 0.6 is 0 Å². The Morgan fingerprint density at radius 2 is 1.00 bits per heavy atom. The Morgan fingerprint density at radius 3 is 1.00 bits per heavy atom. The van der Waals surface area contributed by atoms with Gasteiger partial charge in [0, 0.05) is 33.6 Å². The largest absolute Gasteiger partial charge is 0 e. The second-order valence-electron chi connectivity index (χ2n) is 0. The summed E-state index contributed by atoms with van der Waals surface area (Å²) in [7, 11) is 0. The van der Waals surface area contributed by atoms with Gasteiger partial charge in [-0.3, -0.25) is 0 Å². The first-order chi connectivity index (χ1) is 0. The third-order valence-corrected chi connectivity index (χ3v) is 0. The zero-order valence-corrected chi connectivity index (χ0v) is 2.86. The maximum Gasteiger partial charge on any atom is 0 e. The van der Waals surface area contributed by atoms with Crippen LogP contribution in [0.25, 0.3) is 0 Å². The standard InChI is InChI=1S/Al.Ba.Li.Mg.Mn.Na.Ni.9H. The fourth-order valence-corrected chi connectivity index (χ4v) is 0. The van der Waals surface area contributed by atoms with Crippen LogP contribution < -0.4 is 0 Å². The number of hydrogen-bond acceptors (Lipinski definition) is 0. The SMILES string of the molecule is [AlH3].[BaH2].[LiH].[MgH2].[Mn].[NaH].[Ni]. The van der Waals surface area contributed by atoms with E-state index < -0.39 is 0 Å². The monoisotopic (exact) mass is 341 g/mol. The van der Waals surface area contributed by atoms with Gasteiger partial charge in [0.1, 0.15) is 0 Å². The van der Waals surface area contributed by atoms with Crippen LogP contribution in [0.1, 0.15) is 0 Å². The van der Waals surface area contributed by atoms with Crippen LogP contribution in [0.15, 0.2) is 0 Å². The van der Waals surface area contributed by atoms with Gasteiger partial charge in [0.25, 0.3) is 0 Å². The molecule has 0 aromatic heterocycles. The molecule has 0 aromatic carbocycles. The van der Waals surface area contributed by atoms with Crippen LogP contribution in [0, 0.1) is 0 Å². The fourth-order valence-electron chi connectivity index (χ4n) is 0. The number of hydrogen-bond donors (Lipinski definition) is 0. The third-order valence-electron chi connectivity index (χ3n) is 0. The molecule has 0 fully saturated rings. The fraction of sp³-hybridized carbons (Fsp3) is 0. The number of rotatable bonds is 0. The Bertz CT molecular complexity index is 19.7. The van der Waals surface area contributed by atoms with Gasteiger partial charge in [-0.15, -0.1) is 0 Å². The van der Waals surface area contributed by atoms with Gasteiger partial charge in [-0.25, -0.2) is 0 Å². The first kappa shape index (κ1) is 54.8. The normalized spacial score (nSPS) is 0. The van der Waals surface area contributed by atoms with Crippen molar-refractivity contribution in [2.75, 3.05) is 0 Å². The Kier molecular flexibility index (Phi) is 328. The van der Waals surface area contributed by atoms with E-state index in [0.717, 1.165) is 0 Å². The summed E-state index contributed by atoms with van der Waals surface area (Å²) in [6, 6.07) is 0. The van der Waals surface area contributed by atoms with E-state index in [1.54, 1.807) is 0 Å². The van der Waals surface area contributed by atoms with Crippen LogP contribution in [0.4, 0.5) is 0 Å². The van der Waals surface area contributed by atoms with Crippen molar-refractivity contribution >= 4 is 138 Å². The van der Waals surface area contributed by atoms with Gasteiger partial charge in [-0.2, -0.15) is 0 Å². The summed E-state index contributed by atoms with van der Waals surface area (Å²) in [6.45, 7) is 0. The first-order valence-corrected chi connectivity index (χ1v) is 0. The van der Waals surface area contributed by atoms with E-state index in [1.807, 2.05) is 0 Å². The third kappa shape index (κ3) is 34.4. The Balaban J connectivity index is 0. The van der Waals surface area contributed by atoms with E-state index in [0.29, 0.717) is 0 Å². The van der Waals surface area contributed by atoms with Crippen molar-refractivity contribution in [3.05, 3.63) is 0 Å². The quantitative estimate of drug-likeness (QED) is 0.391. The summed E-state index contributed by atoms with van der Waals surface area (Å²) >= 11 is 0. The topological polar surface area (TPSA) is 0 Å². The molecule has 0 spiro atoms. The zero-order chi connectivity index (χ0) is 0. The van der Waals surface area contributed by atoms with E-state index in [1.165, 1.54) is 0 Å². The molecule has 7 heteroatoms. The van der Waals surface area contributed by atoms with Gasteiger partial charge >= 0.3 is 120 Å². The van der Waals surface area contributed by atoms with Crippen molar-refractivity contribution in [3.8, 4) is 0 Å². The Morgan fingerprint density at radius 1 is 1.00 bits per heavy atom. The summed E-state index contributed by atoms with van der Waals surface area (Å²) in [6.07, 6.45) is 0. The van der Waals surface area contributed by atoms with Crippen LogP contribution in [0.5, 0.6) is 0 Å². The van der Waals surface area contributed by atoms with E-state index in [4.69, 9.17) is 0 Å². The van der Waals surface area contributed by atoms with Gasteiger partial charge in [-0.1, -0.05) is 0 Å². The molecular weight excluding hydrogens is 332 g/mol. The second-order valence-corrected chi connectivity index (χ2v) is 0. The molecule has 0 aliphatic carbocycles. The molecule has 0 aliphatic rings. The van der Waals surface area contributed by atoms with Gasteiger partial charge < -0.3 is 0 Å². The van der Waals surface area contributed by atoms with E-state index in [-0.39, 0.29) is 171 Å². The molecule has 7 heavy (non-hydrogen) atoms. The summed E-state index contributed by atoms with van der Waals surface area (Å²) in [5.41, 5.74) is 0. The minimum absolute atomic E-state index is 0. The minimum Gasteiger partial charge on any atom is 0 e. The molecule has 0 atom stereocenters. The smallest absolute Gasteiger partial charge is 0 e. The summed E-state index contributed by atoms with van der Waals surface area (Å²) in [4.78, 5) is 0. The Hall–Kier alpha value is 5.48. The van der Waals surface area contributed by atoms with Crippen LogP contribution in [0.2, 0.25) is 0 Å². The molecule has 0 bridgehead atoms. The molecule has 0 aromatic rings. The molecule has 0 unspecified atom stereocenters. The predicted octanol–water partition coefficient (Wildman–Crippen LogP) is -4.32. The van der Waals surface area contributed by atoms with Crippen LogP contribution in [-0.2, 0) is 33.6 Å². The van der Waals surface area contributed by atoms with E-state index in [2.05, 4.69) is 0 Å². The second kappa shape index (κ2) is 42.0. The van der Waals surface area contributed by atoms with E-state index in [9.17, 15) is 0 Å². The average molecular weight is 341 g/mol. The van der Waals surface area contributed by atoms with Crippen LogP contribution in [0.3, 0.4) is 0 Å². The van der Waals surface area contributed by atoms with Crippen molar-refractivity contribution < 1.29 is 33.6 Å². The molecule has 0 amide bonds. The maximum atomic E-state index is 0. The molecule has 0 N–H and O–H groups in total.